The summed E-state index contributed by atoms with van der Waals surface area (Å²) >= 11 is 0. The molecule has 35 heavy (non-hydrogen) atoms. The van der Waals surface area contributed by atoms with Gasteiger partial charge in [0.05, 0.1) is 16.8 Å². The fourth-order valence-corrected chi connectivity index (χ4v) is 4.46. The van der Waals surface area contributed by atoms with Crippen molar-refractivity contribution >= 4 is 22.7 Å². The van der Waals surface area contributed by atoms with Crippen LogP contribution in [0.4, 0.5) is 0 Å². The molecule has 2 heterocycles. The molecule has 8 nitrogen and oxygen atoms in total. The summed E-state index contributed by atoms with van der Waals surface area (Å²) in [6.07, 6.45) is 0.619. The van der Waals surface area contributed by atoms with Crippen molar-refractivity contribution in [1.82, 2.24) is 25.7 Å². The van der Waals surface area contributed by atoms with E-state index in [1.54, 1.807) is 23.1 Å². The maximum atomic E-state index is 13.4. The number of carbonyl (C=O) groups excluding carboxylic acids is 2. The van der Waals surface area contributed by atoms with Gasteiger partial charge in [-0.05, 0) is 41.9 Å². The summed E-state index contributed by atoms with van der Waals surface area (Å²) in [5.74, 6) is -0.479. The Labute approximate surface area is 203 Å². The number of phenols is 1. The molecule has 0 radical (unpaired) electrons. The van der Waals surface area contributed by atoms with Crippen LogP contribution in [0.1, 0.15) is 43.1 Å². The zero-order chi connectivity index (χ0) is 24.4. The van der Waals surface area contributed by atoms with Crippen LogP contribution < -0.4 is 10.6 Å². The fourth-order valence-electron chi connectivity index (χ4n) is 4.46. The van der Waals surface area contributed by atoms with Gasteiger partial charge >= 0.3 is 0 Å². The minimum absolute atomic E-state index is 0.0852. The summed E-state index contributed by atoms with van der Waals surface area (Å²) < 4.78 is 0. The predicted molar refractivity (Wildman–Crippen MR) is 133 cm³/mol. The number of nitrogens with one attached hydrogen (secondary N) is 3. The van der Waals surface area contributed by atoms with E-state index < -0.39 is 0 Å². The molecule has 0 saturated carbocycles. The van der Waals surface area contributed by atoms with Crippen LogP contribution in [0, 0.1) is 0 Å². The number of fused-ring (bicyclic) bond motifs is 2. The fraction of sp³-hybridized carbons (Fsp3) is 0.222. The van der Waals surface area contributed by atoms with Crippen molar-refractivity contribution in [1.29, 1.82) is 0 Å². The second-order valence-electron chi connectivity index (χ2n) is 8.75. The summed E-state index contributed by atoms with van der Waals surface area (Å²) in [5, 5.41) is 24.7. The molecule has 2 amide bonds. The molecule has 5 rings (SSSR count). The molecule has 0 spiro atoms. The van der Waals surface area contributed by atoms with Crippen LogP contribution in [0.5, 0.6) is 5.75 Å². The van der Waals surface area contributed by atoms with Crippen LogP contribution in [0.25, 0.3) is 10.9 Å². The third-order valence-corrected chi connectivity index (χ3v) is 6.34. The molecule has 0 atom stereocenters. The standard InChI is InChI=1S/C27H27N5O3/c1-28-9-10-29-26(34)18-7-8-19-15-32(16-20(19)12-18)27(35)22-13-21-23(11-17-5-3-2-4-6-17)30-31-24(21)14-25(22)33/h2-8,12-14,28,33H,9-11,15-16H2,1H3,(H,29,34)(H,30,31). The molecule has 0 unspecified atom stereocenters. The number of amides is 2. The molecular weight excluding hydrogens is 442 g/mol. The Hall–Kier alpha value is -4.17. The number of nitrogens with zero attached hydrogens (tertiary/aromatic N) is 2. The van der Waals surface area contributed by atoms with Gasteiger partial charge in [0.1, 0.15) is 5.75 Å². The molecule has 0 bridgehead atoms. The lowest BCUT2D eigenvalue weighted by Crippen LogP contribution is -2.30. The summed E-state index contributed by atoms with van der Waals surface area (Å²) in [6, 6.07) is 18.8. The zero-order valence-electron chi connectivity index (χ0n) is 19.5. The third-order valence-electron chi connectivity index (χ3n) is 6.34. The highest BCUT2D eigenvalue weighted by Gasteiger charge is 2.27. The van der Waals surface area contributed by atoms with Crippen molar-refractivity contribution in [2.45, 2.75) is 19.5 Å². The molecule has 1 aromatic heterocycles. The van der Waals surface area contributed by atoms with E-state index in [-0.39, 0.29) is 23.1 Å². The van der Waals surface area contributed by atoms with E-state index in [1.165, 1.54) is 0 Å². The number of aromatic hydroxyl groups is 1. The molecule has 1 aliphatic rings. The van der Waals surface area contributed by atoms with Crippen molar-refractivity contribution in [2.24, 2.45) is 0 Å². The van der Waals surface area contributed by atoms with Crippen molar-refractivity contribution < 1.29 is 14.7 Å². The molecule has 1 aliphatic heterocycles. The number of hydrogen-bond acceptors (Lipinski definition) is 5. The number of hydrogen-bond donors (Lipinski definition) is 4. The lowest BCUT2D eigenvalue weighted by Gasteiger charge is -2.16. The van der Waals surface area contributed by atoms with Crippen LogP contribution in [0.15, 0.2) is 60.7 Å². The third kappa shape index (κ3) is 4.61. The molecule has 178 valence electrons. The average Bonchev–Trinajstić information content (AvgIpc) is 3.47. The highest BCUT2D eigenvalue weighted by Crippen LogP contribution is 2.31. The molecule has 3 aromatic carbocycles. The van der Waals surface area contributed by atoms with E-state index in [0.717, 1.165) is 27.8 Å². The summed E-state index contributed by atoms with van der Waals surface area (Å²) in [6.45, 7) is 2.04. The second kappa shape index (κ2) is 9.60. The van der Waals surface area contributed by atoms with Crippen LogP contribution >= 0.6 is 0 Å². The van der Waals surface area contributed by atoms with Gasteiger partial charge in [-0.2, -0.15) is 5.10 Å². The van der Waals surface area contributed by atoms with E-state index in [2.05, 4.69) is 20.8 Å². The minimum atomic E-state index is -0.257. The molecule has 0 aliphatic carbocycles. The van der Waals surface area contributed by atoms with Gasteiger partial charge in [-0.3, -0.25) is 14.7 Å². The zero-order valence-corrected chi connectivity index (χ0v) is 19.5. The summed E-state index contributed by atoms with van der Waals surface area (Å²) in [5.41, 5.74) is 5.37. The predicted octanol–water partition coefficient (Wildman–Crippen LogP) is 2.96. The quantitative estimate of drug-likeness (QED) is 0.311. The topological polar surface area (TPSA) is 110 Å². The van der Waals surface area contributed by atoms with Gasteiger partial charge in [-0.15, -0.1) is 0 Å². The number of benzene rings is 3. The first-order chi connectivity index (χ1) is 17.0. The Kier molecular flexibility index (Phi) is 6.20. The van der Waals surface area contributed by atoms with Gasteiger partial charge < -0.3 is 20.6 Å². The van der Waals surface area contributed by atoms with Crippen LogP contribution in [-0.4, -0.2) is 52.2 Å². The molecule has 0 fully saturated rings. The average molecular weight is 470 g/mol. The van der Waals surface area contributed by atoms with E-state index >= 15 is 0 Å². The van der Waals surface area contributed by atoms with Crippen molar-refractivity contribution in [3.05, 3.63) is 94.2 Å². The lowest BCUT2D eigenvalue weighted by molar-refractivity contribution is 0.0748. The molecule has 4 aromatic rings. The number of aromatic nitrogens is 2. The Bertz CT molecular complexity index is 1400. The van der Waals surface area contributed by atoms with Gasteiger partial charge in [-0.1, -0.05) is 36.4 Å². The van der Waals surface area contributed by atoms with Crippen LogP contribution in [0.2, 0.25) is 0 Å². The van der Waals surface area contributed by atoms with Gasteiger partial charge in [0.15, 0.2) is 0 Å². The number of H-pyrrole nitrogens is 1. The largest absolute Gasteiger partial charge is 0.507 e. The normalized spacial score (nSPS) is 12.7. The summed E-state index contributed by atoms with van der Waals surface area (Å²) in [7, 11) is 1.83. The minimum Gasteiger partial charge on any atom is -0.507 e. The Morgan fingerprint density at radius 2 is 1.83 bits per heavy atom. The van der Waals surface area contributed by atoms with E-state index in [9.17, 15) is 14.7 Å². The number of rotatable bonds is 7. The number of phenolic OH excluding ortho intramolecular Hbond substituents is 1. The first-order valence-corrected chi connectivity index (χ1v) is 11.6. The van der Waals surface area contributed by atoms with Gasteiger partial charge in [0.25, 0.3) is 11.8 Å². The smallest absolute Gasteiger partial charge is 0.258 e. The van der Waals surface area contributed by atoms with Crippen molar-refractivity contribution in [3.8, 4) is 5.75 Å². The first kappa shape index (κ1) is 22.6. The first-order valence-electron chi connectivity index (χ1n) is 11.6. The molecule has 8 heteroatoms. The summed E-state index contributed by atoms with van der Waals surface area (Å²) in [4.78, 5) is 27.5. The number of likely N-dealkylation sites (N-methyl/N-ethyl adjacent to an activating group) is 1. The Morgan fingerprint density at radius 1 is 1.03 bits per heavy atom. The Morgan fingerprint density at radius 3 is 2.63 bits per heavy atom. The lowest BCUT2D eigenvalue weighted by atomic mass is 10.0. The van der Waals surface area contributed by atoms with E-state index in [1.807, 2.05) is 49.5 Å². The maximum absolute atomic E-state index is 13.4. The van der Waals surface area contributed by atoms with Gasteiger partial charge in [0.2, 0.25) is 0 Å². The molecule has 4 N–H and O–H groups in total. The van der Waals surface area contributed by atoms with Gasteiger partial charge in [-0.25, -0.2) is 0 Å². The second-order valence-corrected chi connectivity index (χ2v) is 8.75. The van der Waals surface area contributed by atoms with Crippen LogP contribution in [0.3, 0.4) is 0 Å². The van der Waals surface area contributed by atoms with Crippen molar-refractivity contribution in [2.75, 3.05) is 20.1 Å². The highest BCUT2D eigenvalue weighted by atomic mass is 16.3. The molecule has 0 saturated heterocycles. The number of carbonyl (C=O) groups is 2. The maximum Gasteiger partial charge on any atom is 0.258 e. The molecular formula is C27H27N5O3. The van der Waals surface area contributed by atoms with Gasteiger partial charge in [0, 0.05) is 49.6 Å². The van der Waals surface area contributed by atoms with E-state index in [4.69, 9.17) is 0 Å². The van der Waals surface area contributed by atoms with Crippen molar-refractivity contribution in [3.63, 3.8) is 0 Å². The van der Waals surface area contributed by atoms with Crippen LogP contribution in [-0.2, 0) is 19.5 Å². The number of aromatic amines is 1. The monoisotopic (exact) mass is 469 g/mol. The SMILES string of the molecule is CNCCNC(=O)c1ccc2c(c1)CN(C(=O)c1cc3c(Cc4ccccc4)n[nH]c3cc1O)C2. The highest BCUT2D eigenvalue weighted by molar-refractivity contribution is 6.01. The van der Waals surface area contributed by atoms with E-state index in [0.29, 0.717) is 43.7 Å². The Balaban J connectivity index is 1.36.